The van der Waals surface area contributed by atoms with Gasteiger partial charge in [0.2, 0.25) is 0 Å². The lowest BCUT2D eigenvalue weighted by Gasteiger charge is -2.32. The molecule has 2 aliphatic rings. The summed E-state index contributed by atoms with van der Waals surface area (Å²) in [4.78, 5) is 13.9. The maximum Gasteiger partial charge on any atom is 0.185 e. The number of thiazole rings is 1. The lowest BCUT2D eigenvalue weighted by atomic mass is 10.1. The number of piperazine rings is 1. The van der Waals surface area contributed by atoms with Crippen molar-refractivity contribution >= 4 is 16.5 Å². The first-order valence-electron chi connectivity index (χ1n) is 8.88. The van der Waals surface area contributed by atoms with Gasteiger partial charge in [0.05, 0.1) is 5.69 Å². The van der Waals surface area contributed by atoms with Crippen LogP contribution in [-0.4, -0.2) is 54.6 Å². The van der Waals surface area contributed by atoms with Gasteiger partial charge in [-0.25, -0.2) is 4.98 Å². The Labute approximate surface area is 148 Å². The Morgan fingerprint density at radius 2 is 1.88 bits per heavy atom. The molecule has 0 aliphatic carbocycles. The Bertz CT molecular complexity index is 703. The number of hydrogen-bond acceptors (Lipinski definition) is 5. The average Bonchev–Trinajstić information content (AvgIpc) is 3.01. The number of anilines is 1. The summed E-state index contributed by atoms with van der Waals surface area (Å²) in [6.07, 6.45) is 1.09. The lowest BCUT2D eigenvalue weighted by Crippen LogP contribution is -2.44. The zero-order chi connectivity index (χ0) is 16.5. The number of fused-ring (bicyclic) bond motifs is 1. The molecule has 24 heavy (non-hydrogen) atoms. The number of rotatable bonds is 3. The van der Waals surface area contributed by atoms with Gasteiger partial charge in [0.15, 0.2) is 5.13 Å². The fourth-order valence-electron chi connectivity index (χ4n) is 3.53. The minimum absolute atomic E-state index is 1.05. The van der Waals surface area contributed by atoms with Crippen molar-refractivity contribution in [3.8, 4) is 0 Å². The van der Waals surface area contributed by atoms with E-state index in [4.69, 9.17) is 4.98 Å². The minimum atomic E-state index is 1.05. The Hall–Kier alpha value is -1.43. The first kappa shape index (κ1) is 16.1. The lowest BCUT2D eigenvalue weighted by molar-refractivity contribution is 0.246. The second-order valence-electron chi connectivity index (χ2n) is 7.04. The molecule has 0 amide bonds. The molecule has 1 fully saturated rings. The van der Waals surface area contributed by atoms with Crippen LogP contribution in [-0.2, 0) is 19.5 Å². The van der Waals surface area contributed by atoms with E-state index in [9.17, 15) is 0 Å². The second kappa shape index (κ2) is 6.82. The highest BCUT2D eigenvalue weighted by Gasteiger charge is 2.24. The Balaban J connectivity index is 1.44. The first-order valence-corrected chi connectivity index (χ1v) is 9.69. The molecule has 1 saturated heterocycles. The molecular formula is C19H26N4S. The van der Waals surface area contributed by atoms with Crippen molar-refractivity contribution in [2.24, 2.45) is 0 Å². The predicted molar refractivity (Wildman–Crippen MR) is 101 cm³/mol. The van der Waals surface area contributed by atoms with Gasteiger partial charge in [0.25, 0.3) is 0 Å². The third-order valence-electron chi connectivity index (χ3n) is 5.23. The summed E-state index contributed by atoms with van der Waals surface area (Å²) in [6, 6.07) is 8.74. The van der Waals surface area contributed by atoms with Crippen molar-refractivity contribution in [1.82, 2.24) is 14.8 Å². The largest absolute Gasteiger partial charge is 0.346 e. The normalized spacial score (nSPS) is 19.5. The summed E-state index contributed by atoms with van der Waals surface area (Å²) in [6.45, 7) is 9.93. The maximum absolute atomic E-state index is 4.96. The summed E-state index contributed by atoms with van der Waals surface area (Å²) in [7, 11) is 2.20. The van der Waals surface area contributed by atoms with Gasteiger partial charge >= 0.3 is 0 Å². The summed E-state index contributed by atoms with van der Waals surface area (Å²) < 4.78 is 0. The zero-order valence-corrected chi connectivity index (χ0v) is 15.5. The molecule has 3 heterocycles. The molecule has 128 valence electrons. The third-order valence-corrected chi connectivity index (χ3v) is 6.37. The van der Waals surface area contributed by atoms with Crippen molar-refractivity contribution in [3.05, 3.63) is 46.0 Å². The average molecular weight is 343 g/mol. The van der Waals surface area contributed by atoms with Crippen LogP contribution in [0.4, 0.5) is 5.13 Å². The van der Waals surface area contributed by atoms with E-state index < -0.39 is 0 Å². The Morgan fingerprint density at radius 1 is 1.08 bits per heavy atom. The number of benzene rings is 1. The van der Waals surface area contributed by atoms with Crippen LogP contribution >= 0.6 is 11.3 Å². The van der Waals surface area contributed by atoms with E-state index in [0.29, 0.717) is 0 Å². The monoisotopic (exact) mass is 342 g/mol. The summed E-state index contributed by atoms with van der Waals surface area (Å²) in [5, 5.41) is 1.24. The molecule has 0 radical (unpaired) electrons. The smallest absolute Gasteiger partial charge is 0.185 e. The molecule has 5 heteroatoms. The quantitative estimate of drug-likeness (QED) is 0.855. The highest BCUT2D eigenvalue weighted by atomic mass is 32.1. The fourth-order valence-corrected chi connectivity index (χ4v) is 4.73. The van der Waals surface area contributed by atoms with Crippen molar-refractivity contribution in [2.45, 2.75) is 26.4 Å². The topological polar surface area (TPSA) is 22.6 Å². The first-order chi connectivity index (χ1) is 11.7. The standard InChI is InChI=1S/C19H26N4S/c1-15-5-3-4-6-16(15)13-22-8-7-17-18(14-22)24-19(20-17)23-11-9-21(2)10-12-23/h3-6H,7-14H2,1-2H3. The van der Waals surface area contributed by atoms with Crippen LogP contribution in [0.1, 0.15) is 21.7 Å². The molecule has 0 bridgehead atoms. The molecule has 0 saturated carbocycles. The van der Waals surface area contributed by atoms with Crippen molar-refractivity contribution in [2.75, 3.05) is 44.7 Å². The van der Waals surface area contributed by atoms with Crippen LogP contribution in [0.25, 0.3) is 0 Å². The van der Waals surface area contributed by atoms with Gasteiger partial charge in [-0.15, -0.1) is 11.3 Å². The van der Waals surface area contributed by atoms with E-state index in [1.165, 1.54) is 26.8 Å². The highest BCUT2D eigenvalue weighted by Crippen LogP contribution is 2.31. The van der Waals surface area contributed by atoms with Gasteiger partial charge in [0, 0.05) is 57.1 Å². The van der Waals surface area contributed by atoms with Crippen LogP contribution < -0.4 is 4.90 Å². The molecule has 1 aromatic carbocycles. The van der Waals surface area contributed by atoms with Crippen LogP contribution in [0.3, 0.4) is 0 Å². The van der Waals surface area contributed by atoms with E-state index in [2.05, 4.69) is 52.9 Å². The molecular weight excluding hydrogens is 316 g/mol. The van der Waals surface area contributed by atoms with E-state index in [1.807, 2.05) is 11.3 Å². The molecule has 1 aromatic heterocycles. The van der Waals surface area contributed by atoms with Crippen LogP contribution in [0, 0.1) is 6.92 Å². The number of hydrogen-bond donors (Lipinski definition) is 0. The third kappa shape index (κ3) is 3.34. The minimum Gasteiger partial charge on any atom is -0.346 e. The van der Waals surface area contributed by atoms with Gasteiger partial charge in [-0.3, -0.25) is 4.90 Å². The Kier molecular flexibility index (Phi) is 4.57. The van der Waals surface area contributed by atoms with E-state index in [0.717, 1.165) is 52.2 Å². The second-order valence-corrected chi connectivity index (χ2v) is 8.11. The van der Waals surface area contributed by atoms with Crippen molar-refractivity contribution in [3.63, 3.8) is 0 Å². The van der Waals surface area contributed by atoms with Gasteiger partial charge in [-0.2, -0.15) is 0 Å². The van der Waals surface area contributed by atoms with Gasteiger partial charge in [-0.05, 0) is 25.1 Å². The maximum atomic E-state index is 4.96. The van der Waals surface area contributed by atoms with Crippen LogP contribution in [0.15, 0.2) is 24.3 Å². The van der Waals surface area contributed by atoms with Gasteiger partial charge < -0.3 is 9.80 Å². The molecule has 0 unspecified atom stereocenters. The van der Waals surface area contributed by atoms with Crippen molar-refractivity contribution < 1.29 is 0 Å². The summed E-state index contributed by atoms with van der Waals surface area (Å²) in [5.41, 5.74) is 4.19. The highest BCUT2D eigenvalue weighted by molar-refractivity contribution is 7.15. The van der Waals surface area contributed by atoms with Gasteiger partial charge in [0.1, 0.15) is 0 Å². The van der Waals surface area contributed by atoms with Crippen molar-refractivity contribution in [1.29, 1.82) is 0 Å². The van der Waals surface area contributed by atoms with E-state index in [1.54, 1.807) is 0 Å². The fraction of sp³-hybridized carbons (Fsp3) is 0.526. The molecule has 2 aromatic rings. The molecule has 0 atom stereocenters. The number of nitrogens with zero attached hydrogens (tertiary/aromatic N) is 4. The van der Waals surface area contributed by atoms with Gasteiger partial charge in [-0.1, -0.05) is 24.3 Å². The molecule has 4 nitrogen and oxygen atoms in total. The molecule has 0 N–H and O–H groups in total. The zero-order valence-electron chi connectivity index (χ0n) is 14.7. The summed E-state index contributed by atoms with van der Waals surface area (Å²) >= 11 is 1.92. The van der Waals surface area contributed by atoms with E-state index >= 15 is 0 Å². The summed E-state index contributed by atoms with van der Waals surface area (Å²) in [5.74, 6) is 0. The molecule has 2 aliphatic heterocycles. The van der Waals surface area contributed by atoms with E-state index in [-0.39, 0.29) is 0 Å². The number of aryl methyl sites for hydroxylation is 1. The number of aromatic nitrogens is 1. The predicted octanol–water partition coefficient (Wildman–Crippen LogP) is 2.76. The molecule has 4 rings (SSSR count). The van der Waals surface area contributed by atoms with Crippen LogP contribution in [0.5, 0.6) is 0 Å². The van der Waals surface area contributed by atoms with Crippen LogP contribution in [0.2, 0.25) is 0 Å². The number of likely N-dealkylation sites (N-methyl/N-ethyl adjacent to an activating group) is 1. The molecule has 0 spiro atoms. The Morgan fingerprint density at radius 3 is 2.67 bits per heavy atom. The SMILES string of the molecule is Cc1ccccc1CN1CCc2nc(N3CCN(C)CC3)sc2C1.